The van der Waals surface area contributed by atoms with E-state index in [1.165, 1.54) is 0 Å². The molecule has 2 N–H and O–H groups in total. The molecule has 20 heavy (non-hydrogen) atoms. The topological polar surface area (TPSA) is 73.7 Å². The van der Waals surface area contributed by atoms with Gasteiger partial charge in [-0.25, -0.2) is 9.78 Å². The fraction of sp³-hybridized carbons (Fsp3) is 0.333. The number of fused-ring (bicyclic) bond motifs is 1. The number of pyridine rings is 1. The maximum absolute atomic E-state index is 11.5. The predicted octanol–water partition coefficient (Wildman–Crippen LogP) is 2.24. The molecule has 0 bridgehead atoms. The number of carboxylic acid groups (broad SMARTS) is 1. The number of anilines is 1. The van der Waals surface area contributed by atoms with Crippen molar-refractivity contribution < 1.29 is 15.0 Å². The summed E-state index contributed by atoms with van der Waals surface area (Å²) in [6, 6.07) is 6.36. The number of aromatic hydroxyl groups is 1. The van der Waals surface area contributed by atoms with E-state index in [2.05, 4.69) is 4.98 Å². The summed E-state index contributed by atoms with van der Waals surface area (Å²) in [5, 5.41) is 20.8. The first kappa shape index (κ1) is 12.7. The Kier molecular flexibility index (Phi) is 2.97. The summed E-state index contributed by atoms with van der Waals surface area (Å²) in [6.45, 7) is 2.61. The van der Waals surface area contributed by atoms with Crippen molar-refractivity contribution in [3.8, 4) is 5.75 Å². The molecule has 2 heterocycles. The molecule has 0 saturated carbocycles. The second-order valence-corrected chi connectivity index (χ2v) is 5.28. The van der Waals surface area contributed by atoms with E-state index >= 15 is 0 Å². The van der Waals surface area contributed by atoms with Gasteiger partial charge in [0.1, 0.15) is 17.6 Å². The predicted molar refractivity (Wildman–Crippen MR) is 76.0 cm³/mol. The Hall–Kier alpha value is -2.30. The van der Waals surface area contributed by atoms with Crippen LogP contribution in [0.2, 0.25) is 0 Å². The van der Waals surface area contributed by atoms with Crippen molar-refractivity contribution in [3.63, 3.8) is 0 Å². The van der Waals surface area contributed by atoms with Gasteiger partial charge in [-0.15, -0.1) is 0 Å². The molecule has 1 aromatic heterocycles. The Morgan fingerprint density at radius 1 is 1.40 bits per heavy atom. The molecule has 3 rings (SSSR count). The molecule has 2 aromatic rings. The van der Waals surface area contributed by atoms with Gasteiger partial charge in [0.05, 0.1) is 0 Å². The monoisotopic (exact) mass is 272 g/mol. The second kappa shape index (κ2) is 4.67. The van der Waals surface area contributed by atoms with Gasteiger partial charge in [0.15, 0.2) is 0 Å². The lowest BCUT2D eigenvalue weighted by atomic mass is 10.0. The summed E-state index contributed by atoms with van der Waals surface area (Å²) < 4.78 is 0. The van der Waals surface area contributed by atoms with Crippen LogP contribution in [0.1, 0.15) is 13.3 Å². The molecule has 0 spiro atoms. The van der Waals surface area contributed by atoms with Crippen molar-refractivity contribution in [2.45, 2.75) is 19.4 Å². The Balaban J connectivity index is 2.14. The first-order chi connectivity index (χ1) is 9.58. The molecular weight excluding hydrogens is 256 g/mol. The Morgan fingerprint density at radius 2 is 2.20 bits per heavy atom. The number of aromatic nitrogens is 1. The molecule has 0 amide bonds. The number of hydrogen-bond acceptors (Lipinski definition) is 4. The summed E-state index contributed by atoms with van der Waals surface area (Å²) in [5.74, 6) is 0.0526. The molecule has 1 aliphatic rings. The highest BCUT2D eigenvalue weighted by Crippen LogP contribution is 2.34. The number of nitrogens with zero attached hydrogens (tertiary/aromatic N) is 2. The standard InChI is InChI=1S/C15H16N2O3/c1-9-5-7-17(13(9)15(19)20)14-12-8-11(18)3-2-10(12)4-6-16-14/h2-4,6,8-9,13,18H,5,7H2,1H3,(H,19,20). The van der Waals surface area contributed by atoms with Crippen molar-refractivity contribution in [1.29, 1.82) is 0 Å². The molecule has 1 aromatic carbocycles. The smallest absolute Gasteiger partial charge is 0.326 e. The number of rotatable bonds is 2. The van der Waals surface area contributed by atoms with Gasteiger partial charge in [0, 0.05) is 18.1 Å². The van der Waals surface area contributed by atoms with Crippen LogP contribution in [0.4, 0.5) is 5.82 Å². The lowest BCUT2D eigenvalue weighted by Crippen LogP contribution is -2.39. The highest BCUT2D eigenvalue weighted by atomic mass is 16.4. The van der Waals surface area contributed by atoms with Crippen LogP contribution in [0.25, 0.3) is 10.8 Å². The molecule has 1 saturated heterocycles. The highest BCUT2D eigenvalue weighted by Gasteiger charge is 2.38. The summed E-state index contributed by atoms with van der Waals surface area (Å²) in [7, 11) is 0. The van der Waals surface area contributed by atoms with Crippen LogP contribution in [0.5, 0.6) is 5.75 Å². The van der Waals surface area contributed by atoms with Gasteiger partial charge in [-0.3, -0.25) is 0 Å². The minimum atomic E-state index is -0.825. The average molecular weight is 272 g/mol. The molecule has 1 aliphatic heterocycles. The first-order valence-electron chi connectivity index (χ1n) is 6.65. The van der Waals surface area contributed by atoms with Crippen molar-refractivity contribution in [2.75, 3.05) is 11.4 Å². The molecule has 1 fully saturated rings. The zero-order valence-corrected chi connectivity index (χ0v) is 11.2. The summed E-state index contributed by atoms with van der Waals surface area (Å²) >= 11 is 0. The number of carboxylic acids is 1. The van der Waals surface area contributed by atoms with Crippen LogP contribution in [0.3, 0.4) is 0 Å². The largest absolute Gasteiger partial charge is 0.508 e. The molecule has 5 heteroatoms. The number of aliphatic carboxylic acids is 1. The quantitative estimate of drug-likeness (QED) is 0.877. The van der Waals surface area contributed by atoms with Crippen LogP contribution in [0, 0.1) is 5.92 Å². The Bertz CT molecular complexity index is 671. The van der Waals surface area contributed by atoms with Crippen LogP contribution in [-0.4, -0.2) is 33.8 Å². The maximum atomic E-state index is 11.5. The third kappa shape index (κ3) is 1.95. The number of carbonyl (C=O) groups is 1. The number of phenols is 1. The molecule has 0 radical (unpaired) electrons. The van der Waals surface area contributed by atoms with Gasteiger partial charge < -0.3 is 15.1 Å². The minimum absolute atomic E-state index is 0.0851. The van der Waals surface area contributed by atoms with E-state index in [1.807, 2.05) is 24.0 Å². The first-order valence-corrected chi connectivity index (χ1v) is 6.65. The van der Waals surface area contributed by atoms with Crippen LogP contribution in [-0.2, 0) is 4.79 Å². The van der Waals surface area contributed by atoms with Crippen molar-refractivity contribution in [2.24, 2.45) is 5.92 Å². The molecule has 0 aliphatic carbocycles. The summed E-state index contributed by atoms with van der Waals surface area (Å²) in [6.07, 6.45) is 2.50. The zero-order chi connectivity index (χ0) is 14.3. The van der Waals surface area contributed by atoms with Crippen molar-refractivity contribution in [3.05, 3.63) is 30.5 Å². The number of hydrogen-bond donors (Lipinski definition) is 2. The maximum Gasteiger partial charge on any atom is 0.326 e. The summed E-state index contributed by atoms with van der Waals surface area (Å²) in [4.78, 5) is 17.7. The second-order valence-electron chi connectivity index (χ2n) is 5.28. The van der Waals surface area contributed by atoms with E-state index in [4.69, 9.17) is 0 Å². The van der Waals surface area contributed by atoms with Gasteiger partial charge >= 0.3 is 5.97 Å². The molecule has 5 nitrogen and oxygen atoms in total. The van der Waals surface area contributed by atoms with Crippen molar-refractivity contribution in [1.82, 2.24) is 4.98 Å². The van der Waals surface area contributed by atoms with Crippen LogP contribution >= 0.6 is 0 Å². The fourth-order valence-corrected chi connectivity index (χ4v) is 2.93. The van der Waals surface area contributed by atoms with E-state index in [9.17, 15) is 15.0 Å². The summed E-state index contributed by atoms with van der Waals surface area (Å²) in [5.41, 5.74) is 0. The lowest BCUT2D eigenvalue weighted by Gasteiger charge is -2.25. The van der Waals surface area contributed by atoms with Crippen LogP contribution < -0.4 is 4.90 Å². The van der Waals surface area contributed by atoms with E-state index in [-0.39, 0.29) is 11.7 Å². The fourth-order valence-electron chi connectivity index (χ4n) is 2.93. The third-order valence-corrected chi connectivity index (χ3v) is 3.95. The van der Waals surface area contributed by atoms with E-state index in [0.717, 1.165) is 17.2 Å². The average Bonchev–Trinajstić information content (AvgIpc) is 2.80. The Morgan fingerprint density at radius 3 is 2.95 bits per heavy atom. The molecule has 2 atom stereocenters. The highest BCUT2D eigenvalue weighted by molar-refractivity contribution is 5.95. The molecule has 2 unspecified atom stereocenters. The van der Waals surface area contributed by atoms with Gasteiger partial charge in [0.25, 0.3) is 0 Å². The third-order valence-electron chi connectivity index (χ3n) is 3.95. The zero-order valence-electron chi connectivity index (χ0n) is 11.2. The van der Waals surface area contributed by atoms with Gasteiger partial charge in [0.2, 0.25) is 0 Å². The number of phenolic OH excluding ortho intramolecular Hbond substituents is 1. The van der Waals surface area contributed by atoms with E-state index in [1.54, 1.807) is 18.3 Å². The van der Waals surface area contributed by atoms with Gasteiger partial charge in [-0.1, -0.05) is 13.0 Å². The van der Waals surface area contributed by atoms with Gasteiger partial charge in [-0.05, 0) is 35.9 Å². The number of benzene rings is 1. The molecule has 104 valence electrons. The normalized spacial score (nSPS) is 22.4. The Labute approximate surface area is 116 Å². The lowest BCUT2D eigenvalue weighted by molar-refractivity contribution is -0.139. The van der Waals surface area contributed by atoms with E-state index < -0.39 is 12.0 Å². The van der Waals surface area contributed by atoms with Crippen molar-refractivity contribution >= 4 is 22.6 Å². The van der Waals surface area contributed by atoms with Gasteiger partial charge in [-0.2, -0.15) is 0 Å². The SMILES string of the molecule is CC1CCN(c2nccc3ccc(O)cc23)C1C(=O)O. The van der Waals surface area contributed by atoms with E-state index in [0.29, 0.717) is 12.4 Å². The van der Waals surface area contributed by atoms with Crippen LogP contribution in [0.15, 0.2) is 30.5 Å². The minimum Gasteiger partial charge on any atom is -0.508 e. The molecular formula is C15H16N2O3.